The van der Waals surface area contributed by atoms with Crippen molar-refractivity contribution in [2.45, 2.75) is 24.6 Å². The van der Waals surface area contributed by atoms with E-state index in [1.807, 2.05) is 23.1 Å². The normalized spacial score (nSPS) is 17.0. The van der Waals surface area contributed by atoms with Crippen molar-refractivity contribution < 1.29 is 4.79 Å². The highest BCUT2D eigenvalue weighted by Gasteiger charge is 2.22. The highest BCUT2D eigenvalue weighted by Crippen LogP contribution is 2.14. The second kappa shape index (κ2) is 8.50. The Hall–Kier alpha value is -1.57. The average Bonchev–Trinajstić information content (AvgIpc) is 2.98. The molecule has 3 rings (SSSR count). The molecule has 2 aromatic rings. The molecule has 6 nitrogen and oxygen atoms in total. The number of aromatic amines is 1. The van der Waals surface area contributed by atoms with Gasteiger partial charge in [0.15, 0.2) is 0 Å². The van der Waals surface area contributed by atoms with Crippen molar-refractivity contribution in [3.05, 3.63) is 40.4 Å². The van der Waals surface area contributed by atoms with Crippen LogP contribution in [0.2, 0.25) is 0 Å². The van der Waals surface area contributed by atoms with Crippen molar-refractivity contribution in [3.63, 3.8) is 0 Å². The molecule has 0 saturated carbocycles. The maximum atomic E-state index is 12.0. The number of rotatable bonds is 5. The van der Waals surface area contributed by atoms with Crippen LogP contribution in [0.4, 0.5) is 0 Å². The van der Waals surface area contributed by atoms with Crippen LogP contribution in [-0.4, -0.2) is 45.7 Å². The van der Waals surface area contributed by atoms with Gasteiger partial charge in [0.25, 0.3) is 5.56 Å². The Morgan fingerprint density at radius 1 is 1.42 bits per heavy atom. The molecule has 1 atom stereocenters. The Labute approximate surface area is 150 Å². The lowest BCUT2D eigenvalue weighted by Crippen LogP contribution is -2.32. The highest BCUT2D eigenvalue weighted by molar-refractivity contribution is 7.98. The molecule has 1 aromatic heterocycles. The molecule has 1 amide bonds. The van der Waals surface area contributed by atoms with E-state index in [2.05, 4.69) is 9.97 Å². The molecule has 2 heterocycles. The van der Waals surface area contributed by atoms with Gasteiger partial charge in [0.1, 0.15) is 5.82 Å². The van der Waals surface area contributed by atoms with Crippen molar-refractivity contribution in [1.29, 1.82) is 0 Å². The lowest BCUT2D eigenvalue weighted by Gasteiger charge is -2.15. The Morgan fingerprint density at radius 2 is 2.21 bits per heavy atom. The summed E-state index contributed by atoms with van der Waals surface area (Å²) < 4.78 is 0. The SMILES string of the molecule is Cl.N[C@@H]1CCN(C(=O)CCSCc2nc3ccccc3c(=O)[nH]2)C1. The van der Waals surface area contributed by atoms with E-state index >= 15 is 0 Å². The van der Waals surface area contributed by atoms with E-state index < -0.39 is 0 Å². The molecule has 0 aliphatic carbocycles. The summed E-state index contributed by atoms with van der Waals surface area (Å²) in [5.74, 6) is 2.10. The molecule has 1 fully saturated rings. The summed E-state index contributed by atoms with van der Waals surface area (Å²) in [5.41, 5.74) is 6.40. The molecule has 130 valence electrons. The summed E-state index contributed by atoms with van der Waals surface area (Å²) in [6.07, 6.45) is 1.39. The first-order valence-electron chi connectivity index (χ1n) is 7.72. The highest BCUT2D eigenvalue weighted by atomic mass is 35.5. The van der Waals surface area contributed by atoms with Crippen molar-refractivity contribution in [2.75, 3.05) is 18.8 Å². The predicted octanol–water partition coefficient (Wildman–Crippen LogP) is 1.53. The average molecular weight is 369 g/mol. The number of H-pyrrole nitrogens is 1. The molecule has 0 spiro atoms. The van der Waals surface area contributed by atoms with Crippen molar-refractivity contribution in [2.24, 2.45) is 5.73 Å². The number of carbonyl (C=O) groups excluding carboxylic acids is 1. The van der Waals surface area contributed by atoms with E-state index in [1.165, 1.54) is 0 Å². The Kier molecular flexibility index (Phi) is 6.65. The van der Waals surface area contributed by atoms with E-state index in [4.69, 9.17) is 5.73 Å². The van der Waals surface area contributed by atoms with Crippen molar-refractivity contribution in [1.82, 2.24) is 14.9 Å². The number of aromatic nitrogens is 2. The van der Waals surface area contributed by atoms with Gasteiger partial charge in [0.05, 0.1) is 16.7 Å². The maximum absolute atomic E-state index is 12.0. The van der Waals surface area contributed by atoms with Crippen LogP contribution in [0.15, 0.2) is 29.1 Å². The lowest BCUT2D eigenvalue weighted by atomic mass is 10.2. The monoisotopic (exact) mass is 368 g/mol. The van der Waals surface area contributed by atoms with Crippen LogP contribution < -0.4 is 11.3 Å². The first-order valence-corrected chi connectivity index (χ1v) is 8.88. The van der Waals surface area contributed by atoms with Gasteiger partial charge >= 0.3 is 0 Å². The fourth-order valence-electron chi connectivity index (χ4n) is 2.70. The zero-order valence-corrected chi connectivity index (χ0v) is 14.9. The van der Waals surface area contributed by atoms with Gasteiger partial charge in [0.2, 0.25) is 5.91 Å². The van der Waals surface area contributed by atoms with Crippen LogP contribution in [0.25, 0.3) is 10.9 Å². The smallest absolute Gasteiger partial charge is 0.258 e. The summed E-state index contributed by atoms with van der Waals surface area (Å²) in [5, 5.41) is 0.599. The number of halogens is 1. The summed E-state index contributed by atoms with van der Waals surface area (Å²) >= 11 is 1.60. The van der Waals surface area contributed by atoms with Gasteiger partial charge in [0, 0.05) is 31.3 Å². The van der Waals surface area contributed by atoms with Gasteiger partial charge < -0.3 is 15.6 Å². The number of nitrogens with one attached hydrogen (secondary N) is 1. The standard InChI is InChI=1S/C16H20N4O2S.ClH/c17-11-5-7-20(9-11)15(21)6-8-23-10-14-18-13-4-2-1-3-12(13)16(22)19-14;/h1-4,11H,5-10,17H2,(H,18,19,22);1H/t11-;/m1./s1. The zero-order valence-electron chi connectivity index (χ0n) is 13.2. The zero-order chi connectivity index (χ0) is 16.2. The minimum absolute atomic E-state index is 0. The molecule has 1 aromatic carbocycles. The number of carbonyl (C=O) groups is 1. The second-order valence-electron chi connectivity index (χ2n) is 5.72. The molecule has 0 bridgehead atoms. The molecular weight excluding hydrogens is 348 g/mol. The Bertz CT molecular complexity index is 767. The van der Waals surface area contributed by atoms with Gasteiger partial charge in [-0.3, -0.25) is 9.59 Å². The van der Waals surface area contributed by atoms with Crippen LogP contribution >= 0.6 is 24.2 Å². The van der Waals surface area contributed by atoms with Crippen molar-refractivity contribution >= 4 is 41.0 Å². The molecule has 8 heteroatoms. The molecular formula is C16H21ClN4O2S. The summed E-state index contributed by atoms with van der Waals surface area (Å²) in [4.78, 5) is 33.1. The topological polar surface area (TPSA) is 92.1 Å². The number of amides is 1. The van der Waals surface area contributed by atoms with E-state index in [1.54, 1.807) is 17.8 Å². The van der Waals surface area contributed by atoms with Crippen LogP contribution in [0.3, 0.4) is 0 Å². The molecule has 1 saturated heterocycles. The summed E-state index contributed by atoms with van der Waals surface area (Å²) in [6, 6.07) is 7.41. The van der Waals surface area contributed by atoms with E-state index in [0.717, 1.165) is 13.0 Å². The minimum atomic E-state index is -0.117. The third-order valence-corrected chi connectivity index (χ3v) is 4.91. The van der Waals surface area contributed by atoms with E-state index in [9.17, 15) is 9.59 Å². The third-order valence-electron chi connectivity index (χ3n) is 3.94. The van der Waals surface area contributed by atoms with Gasteiger partial charge in [-0.15, -0.1) is 12.4 Å². The number of likely N-dealkylation sites (tertiary alicyclic amines) is 1. The third kappa shape index (κ3) is 4.49. The number of fused-ring (bicyclic) bond motifs is 1. The van der Waals surface area contributed by atoms with Crippen LogP contribution in [0, 0.1) is 0 Å². The van der Waals surface area contributed by atoms with Gasteiger partial charge in [-0.05, 0) is 18.6 Å². The predicted molar refractivity (Wildman–Crippen MR) is 99.6 cm³/mol. The van der Waals surface area contributed by atoms with E-state index in [0.29, 0.717) is 41.2 Å². The molecule has 0 radical (unpaired) electrons. The van der Waals surface area contributed by atoms with Crippen molar-refractivity contribution in [3.8, 4) is 0 Å². The number of benzene rings is 1. The number of hydrogen-bond donors (Lipinski definition) is 2. The largest absolute Gasteiger partial charge is 0.341 e. The minimum Gasteiger partial charge on any atom is -0.341 e. The quantitative estimate of drug-likeness (QED) is 0.781. The van der Waals surface area contributed by atoms with Gasteiger partial charge in [-0.1, -0.05) is 12.1 Å². The lowest BCUT2D eigenvalue weighted by molar-refractivity contribution is -0.129. The first-order chi connectivity index (χ1) is 11.1. The number of para-hydroxylation sites is 1. The number of thioether (sulfide) groups is 1. The van der Waals surface area contributed by atoms with Gasteiger partial charge in [-0.2, -0.15) is 11.8 Å². The number of nitrogens with zero attached hydrogens (tertiary/aromatic N) is 2. The second-order valence-corrected chi connectivity index (χ2v) is 6.83. The Balaban J connectivity index is 0.00000208. The maximum Gasteiger partial charge on any atom is 0.258 e. The summed E-state index contributed by atoms with van der Waals surface area (Å²) in [6.45, 7) is 1.44. The molecule has 0 unspecified atom stereocenters. The fourth-order valence-corrected chi connectivity index (χ4v) is 3.50. The Morgan fingerprint density at radius 3 is 2.96 bits per heavy atom. The number of nitrogens with two attached hydrogens (primary N) is 1. The van der Waals surface area contributed by atoms with Crippen LogP contribution in [0.1, 0.15) is 18.7 Å². The summed E-state index contributed by atoms with van der Waals surface area (Å²) in [7, 11) is 0. The first kappa shape index (κ1) is 18.8. The number of hydrogen-bond acceptors (Lipinski definition) is 5. The molecule has 24 heavy (non-hydrogen) atoms. The fraction of sp³-hybridized carbons (Fsp3) is 0.438. The van der Waals surface area contributed by atoms with Crippen LogP contribution in [-0.2, 0) is 10.5 Å². The molecule has 1 aliphatic heterocycles. The molecule has 3 N–H and O–H groups in total. The van der Waals surface area contributed by atoms with Gasteiger partial charge in [-0.25, -0.2) is 4.98 Å². The van der Waals surface area contributed by atoms with Crippen LogP contribution in [0.5, 0.6) is 0 Å². The molecule has 1 aliphatic rings. The van der Waals surface area contributed by atoms with E-state index in [-0.39, 0.29) is 29.9 Å².